The Balaban J connectivity index is 2.06. The molecule has 1 aromatic rings. The molecule has 0 heterocycles. The second kappa shape index (κ2) is 6.06. The first-order chi connectivity index (χ1) is 8.29. The van der Waals surface area contributed by atoms with Crippen molar-refractivity contribution in [1.29, 1.82) is 0 Å². The van der Waals surface area contributed by atoms with Gasteiger partial charge in [-0.2, -0.15) is 0 Å². The second-order valence-electron chi connectivity index (χ2n) is 5.00. The molecule has 0 aliphatic heterocycles. The van der Waals surface area contributed by atoms with Gasteiger partial charge in [0.2, 0.25) is 0 Å². The third-order valence-electron chi connectivity index (χ3n) is 3.48. The summed E-state index contributed by atoms with van der Waals surface area (Å²) < 4.78 is 6.05. The summed E-state index contributed by atoms with van der Waals surface area (Å²) in [5, 5.41) is 9.35. The van der Waals surface area contributed by atoms with Crippen LogP contribution in [-0.4, -0.2) is 11.2 Å². The molecule has 17 heavy (non-hydrogen) atoms. The SMILES string of the molecule is Cc1ccc(OC2CCCCCC2)c(CO)c1. The average Bonchev–Trinajstić information content (AvgIpc) is 2.60. The molecule has 0 spiro atoms. The summed E-state index contributed by atoms with van der Waals surface area (Å²) >= 11 is 0. The van der Waals surface area contributed by atoms with Crippen LogP contribution in [0, 0.1) is 6.92 Å². The third kappa shape index (κ3) is 3.47. The molecule has 2 heteroatoms. The zero-order valence-corrected chi connectivity index (χ0v) is 10.6. The number of aryl methyl sites for hydroxylation is 1. The third-order valence-corrected chi connectivity index (χ3v) is 3.48. The van der Waals surface area contributed by atoms with Gasteiger partial charge < -0.3 is 9.84 Å². The van der Waals surface area contributed by atoms with E-state index in [4.69, 9.17) is 4.74 Å². The van der Waals surface area contributed by atoms with Crippen molar-refractivity contribution in [3.8, 4) is 5.75 Å². The Kier molecular flexibility index (Phi) is 4.43. The number of hydrogen-bond acceptors (Lipinski definition) is 2. The predicted octanol–water partition coefficient (Wildman–Crippen LogP) is 3.59. The van der Waals surface area contributed by atoms with Crippen LogP contribution in [0.15, 0.2) is 18.2 Å². The Hall–Kier alpha value is -1.02. The summed E-state index contributed by atoms with van der Waals surface area (Å²) in [5.74, 6) is 0.866. The Morgan fingerprint density at radius 1 is 1.18 bits per heavy atom. The van der Waals surface area contributed by atoms with E-state index in [1.54, 1.807) is 0 Å². The molecule has 0 atom stereocenters. The highest BCUT2D eigenvalue weighted by Gasteiger charge is 2.15. The maximum Gasteiger partial charge on any atom is 0.125 e. The van der Waals surface area contributed by atoms with E-state index in [9.17, 15) is 5.11 Å². The van der Waals surface area contributed by atoms with Gasteiger partial charge in [0.15, 0.2) is 0 Å². The minimum atomic E-state index is 0.0593. The van der Waals surface area contributed by atoms with Crippen molar-refractivity contribution in [2.75, 3.05) is 0 Å². The molecular formula is C15H22O2. The summed E-state index contributed by atoms with van der Waals surface area (Å²) in [4.78, 5) is 0. The fourth-order valence-electron chi connectivity index (χ4n) is 2.49. The molecule has 1 aliphatic rings. The number of rotatable bonds is 3. The lowest BCUT2D eigenvalue weighted by Gasteiger charge is -2.19. The fraction of sp³-hybridized carbons (Fsp3) is 0.600. The predicted molar refractivity (Wildman–Crippen MR) is 69.2 cm³/mol. The molecule has 0 radical (unpaired) electrons. The average molecular weight is 234 g/mol. The Morgan fingerprint density at radius 3 is 2.53 bits per heavy atom. The van der Waals surface area contributed by atoms with Crippen molar-refractivity contribution in [3.63, 3.8) is 0 Å². The van der Waals surface area contributed by atoms with Gasteiger partial charge in [-0.05, 0) is 38.7 Å². The van der Waals surface area contributed by atoms with Crippen LogP contribution < -0.4 is 4.74 Å². The minimum Gasteiger partial charge on any atom is -0.490 e. The molecule has 2 rings (SSSR count). The Labute approximate surface area is 104 Å². The van der Waals surface area contributed by atoms with Gasteiger partial charge in [0.1, 0.15) is 5.75 Å². The van der Waals surface area contributed by atoms with Gasteiger partial charge in [-0.1, -0.05) is 30.5 Å². The van der Waals surface area contributed by atoms with E-state index >= 15 is 0 Å². The molecule has 1 aromatic carbocycles. The summed E-state index contributed by atoms with van der Waals surface area (Å²) in [5.41, 5.74) is 2.08. The largest absolute Gasteiger partial charge is 0.490 e. The standard InChI is InChI=1S/C15H22O2/c1-12-8-9-15(13(10-12)11-16)17-14-6-4-2-3-5-7-14/h8-10,14,16H,2-7,11H2,1H3. The highest BCUT2D eigenvalue weighted by atomic mass is 16.5. The fourth-order valence-corrected chi connectivity index (χ4v) is 2.49. The van der Waals surface area contributed by atoms with Gasteiger partial charge in [-0.15, -0.1) is 0 Å². The van der Waals surface area contributed by atoms with Gasteiger partial charge in [-0.25, -0.2) is 0 Å². The zero-order valence-electron chi connectivity index (χ0n) is 10.6. The number of ether oxygens (including phenoxy) is 1. The maximum atomic E-state index is 9.35. The van der Waals surface area contributed by atoms with Crippen LogP contribution >= 0.6 is 0 Å². The molecule has 1 fully saturated rings. The van der Waals surface area contributed by atoms with E-state index in [0.29, 0.717) is 6.10 Å². The number of aliphatic hydroxyl groups excluding tert-OH is 1. The van der Waals surface area contributed by atoms with Crippen molar-refractivity contribution < 1.29 is 9.84 Å². The molecule has 0 bridgehead atoms. The molecule has 0 saturated heterocycles. The van der Waals surface area contributed by atoms with Crippen LogP contribution in [0.2, 0.25) is 0 Å². The maximum absolute atomic E-state index is 9.35. The molecule has 1 N–H and O–H groups in total. The number of benzene rings is 1. The monoisotopic (exact) mass is 234 g/mol. The van der Waals surface area contributed by atoms with Gasteiger partial charge >= 0.3 is 0 Å². The molecule has 94 valence electrons. The molecule has 0 unspecified atom stereocenters. The van der Waals surface area contributed by atoms with Crippen LogP contribution in [0.4, 0.5) is 0 Å². The summed E-state index contributed by atoms with van der Waals surface area (Å²) in [6.07, 6.45) is 7.85. The van der Waals surface area contributed by atoms with E-state index in [0.717, 1.165) is 24.2 Å². The molecule has 1 aliphatic carbocycles. The van der Waals surface area contributed by atoms with E-state index in [1.807, 2.05) is 25.1 Å². The second-order valence-corrected chi connectivity index (χ2v) is 5.00. The van der Waals surface area contributed by atoms with Crippen LogP contribution in [0.3, 0.4) is 0 Å². The van der Waals surface area contributed by atoms with E-state index in [-0.39, 0.29) is 6.61 Å². The van der Waals surface area contributed by atoms with Crippen LogP contribution in [-0.2, 0) is 6.61 Å². The first-order valence-corrected chi connectivity index (χ1v) is 6.66. The zero-order chi connectivity index (χ0) is 12.1. The van der Waals surface area contributed by atoms with Crippen molar-refractivity contribution in [3.05, 3.63) is 29.3 Å². The normalized spacial score (nSPS) is 17.8. The number of hydrogen-bond donors (Lipinski definition) is 1. The van der Waals surface area contributed by atoms with Crippen molar-refractivity contribution in [2.45, 2.75) is 58.2 Å². The topological polar surface area (TPSA) is 29.5 Å². The van der Waals surface area contributed by atoms with E-state index in [1.165, 1.54) is 31.2 Å². The van der Waals surface area contributed by atoms with Gasteiger partial charge in [0, 0.05) is 5.56 Å². The molecular weight excluding hydrogens is 212 g/mol. The molecule has 0 amide bonds. The van der Waals surface area contributed by atoms with Gasteiger partial charge in [-0.3, -0.25) is 0 Å². The Morgan fingerprint density at radius 2 is 1.88 bits per heavy atom. The van der Waals surface area contributed by atoms with Crippen molar-refractivity contribution in [1.82, 2.24) is 0 Å². The minimum absolute atomic E-state index is 0.0593. The quantitative estimate of drug-likeness (QED) is 0.810. The Bertz CT molecular complexity index is 352. The summed E-state index contributed by atoms with van der Waals surface area (Å²) in [7, 11) is 0. The summed E-state index contributed by atoms with van der Waals surface area (Å²) in [6.45, 7) is 2.10. The first-order valence-electron chi connectivity index (χ1n) is 6.66. The number of aliphatic hydroxyl groups is 1. The smallest absolute Gasteiger partial charge is 0.125 e. The highest BCUT2D eigenvalue weighted by molar-refractivity contribution is 5.36. The van der Waals surface area contributed by atoms with Gasteiger partial charge in [0.25, 0.3) is 0 Å². The van der Waals surface area contributed by atoms with Crippen molar-refractivity contribution in [2.24, 2.45) is 0 Å². The van der Waals surface area contributed by atoms with Gasteiger partial charge in [0.05, 0.1) is 12.7 Å². The van der Waals surface area contributed by atoms with Crippen LogP contribution in [0.25, 0.3) is 0 Å². The molecule has 0 aromatic heterocycles. The lowest BCUT2D eigenvalue weighted by molar-refractivity contribution is 0.176. The summed E-state index contributed by atoms with van der Waals surface area (Å²) in [6, 6.07) is 6.04. The van der Waals surface area contributed by atoms with Crippen LogP contribution in [0.1, 0.15) is 49.7 Å². The van der Waals surface area contributed by atoms with Crippen LogP contribution in [0.5, 0.6) is 5.75 Å². The first kappa shape index (κ1) is 12.4. The highest BCUT2D eigenvalue weighted by Crippen LogP contribution is 2.26. The van der Waals surface area contributed by atoms with Crippen molar-refractivity contribution >= 4 is 0 Å². The lowest BCUT2D eigenvalue weighted by atomic mass is 10.1. The molecule has 1 saturated carbocycles. The molecule has 2 nitrogen and oxygen atoms in total. The lowest BCUT2D eigenvalue weighted by Crippen LogP contribution is -2.16. The van der Waals surface area contributed by atoms with E-state index < -0.39 is 0 Å². The van der Waals surface area contributed by atoms with E-state index in [2.05, 4.69) is 0 Å².